The molecule has 110 valence electrons. The number of allylic oxidation sites excluding steroid dienone is 1. The molecule has 0 spiro atoms. The second kappa shape index (κ2) is 6.56. The molecule has 1 aliphatic rings. The van der Waals surface area contributed by atoms with E-state index in [0.29, 0.717) is 19.1 Å². The molecule has 2 rings (SSSR count). The fraction of sp³-hybridized carbons (Fsp3) is 0.214. The van der Waals surface area contributed by atoms with Crippen LogP contribution >= 0.6 is 0 Å². The summed E-state index contributed by atoms with van der Waals surface area (Å²) >= 11 is 0. The Morgan fingerprint density at radius 1 is 1.48 bits per heavy atom. The van der Waals surface area contributed by atoms with Gasteiger partial charge in [-0.15, -0.1) is 0 Å². The van der Waals surface area contributed by atoms with Crippen molar-refractivity contribution in [2.75, 3.05) is 20.4 Å². The Balaban J connectivity index is 2.10. The van der Waals surface area contributed by atoms with Crippen molar-refractivity contribution in [1.82, 2.24) is 10.2 Å². The third kappa shape index (κ3) is 3.59. The minimum absolute atomic E-state index is 0.253. The molecule has 1 aliphatic heterocycles. The summed E-state index contributed by atoms with van der Waals surface area (Å²) in [5.74, 6) is -0.567. The van der Waals surface area contributed by atoms with Crippen molar-refractivity contribution in [2.45, 2.75) is 0 Å². The van der Waals surface area contributed by atoms with Gasteiger partial charge in [0.15, 0.2) is 0 Å². The first-order chi connectivity index (χ1) is 10.1. The molecular formula is C14H16N4O3. The highest BCUT2D eigenvalue weighted by Crippen LogP contribution is 2.19. The Hall–Kier alpha value is -2.83. The number of primary amides is 1. The predicted octanol–water partition coefficient (Wildman–Crippen LogP) is 0.339. The van der Waals surface area contributed by atoms with Gasteiger partial charge >= 0.3 is 0 Å². The van der Waals surface area contributed by atoms with Crippen LogP contribution in [0.3, 0.4) is 0 Å². The van der Waals surface area contributed by atoms with Crippen molar-refractivity contribution >= 4 is 18.0 Å². The summed E-state index contributed by atoms with van der Waals surface area (Å²) in [4.78, 5) is 29.3. The summed E-state index contributed by atoms with van der Waals surface area (Å²) in [6.45, 7) is 0.784. The Kier molecular flexibility index (Phi) is 4.55. The SMILES string of the molecule is COc1ccc(C(N)=O)cc1C(=O)NCN1C=CC=NC1. The molecule has 7 nitrogen and oxygen atoms in total. The van der Waals surface area contributed by atoms with E-state index in [4.69, 9.17) is 10.5 Å². The number of carbonyl (C=O) groups excluding carboxylic acids is 2. The van der Waals surface area contributed by atoms with Crippen LogP contribution in [0, 0.1) is 0 Å². The number of carbonyl (C=O) groups is 2. The van der Waals surface area contributed by atoms with Crippen LogP contribution < -0.4 is 15.8 Å². The molecule has 0 fully saturated rings. The maximum Gasteiger partial charge on any atom is 0.256 e. The lowest BCUT2D eigenvalue weighted by molar-refractivity contribution is 0.0932. The van der Waals surface area contributed by atoms with Gasteiger partial charge in [-0.05, 0) is 24.3 Å². The van der Waals surface area contributed by atoms with Crippen molar-refractivity contribution < 1.29 is 14.3 Å². The predicted molar refractivity (Wildman–Crippen MR) is 78.2 cm³/mol. The molecule has 0 aliphatic carbocycles. The van der Waals surface area contributed by atoms with E-state index in [-0.39, 0.29) is 17.0 Å². The smallest absolute Gasteiger partial charge is 0.256 e. The zero-order valence-electron chi connectivity index (χ0n) is 11.6. The summed E-state index contributed by atoms with van der Waals surface area (Å²) in [5, 5.41) is 2.74. The highest BCUT2D eigenvalue weighted by molar-refractivity contribution is 6.01. The van der Waals surface area contributed by atoms with Crippen LogP contribution in [-0.4, -0.2) is 43.4 Å². The molecule has 7 heteroatoms. The number of nitrogens with one attached hydrogen (secondary N) is 1. The van der Waals surface area contributed by atoms with Gasteiger partial charge in [-0.2, -0.15) is 0 Å². The molecule has 0 saturated heterocycles. The van der Waals surface area contributed by atoms with Gasteiger partial charge in [0, 0.05) is 18.0 Å². The highest BCUT2D eigenvalue weighted by Gasteiger charge is 2.15. The standard InChI is InChI=1S/C14H16N4O3/c1-21-12-4-3-10(13(15)19)7-11(12)14(20)17-9-18-6-2-5-16-8-18/h2-7H,8-9H2,1H3,(H2,15,19)(H,17,20). The summed E-state index contributed by atoms with van der Waals surface area (Å²) in [7, 11) is 1.46. The van der Waals surface area contributed by atoms with Crippen LogP contribution in [0.2, 0.25) is 0 Å². The van der Waals surface area contributed by atoms with Crippen LogP contribution in [0.25, 0.3) is 0 Å². The Morgan fingerprint density at radius 2 is 2.29 bits per heavy atom. The summed E-state index contributed by atoms with van der Waals surface area (Å²) in [6, 6.07) is 4.47. The first kappa shape index (κ1) is 14.6. The molecule has 1 heterocycles. The first-order valence-electron chi connectivity index (χ1n) is 6.28. The number of methoxy groups -OCH3 is 1. The van der Waals surface area contributed by atoms with Crippen molar-refractivity contribution in [1.29, 1.82) is 0 Å². The zero-order chi connectivity index (χ0) is 15.2. The molecule has 0 atom stereocenters. The van der Waals surface area contributed by atoms with E-state index < -0.39 is 5.91 Å². The number of nitrogens with zero attached hydrogens (tertiary/aromatic N) is 2. The average molecular weight is 288 g/mol. The van der Waals surface area contributed by atoms with Gasteiger partial charge in [0.1, 0.15) is 12.4 Å². The second-order valence-electron chi connectivity index (χ2n) is 4.35. The Labute approximate surface area is 122 Å². The Bertz CT molecular complexity index is 610. The lowest BCUT2D eigenvalue weighted by Gasteiger charge is -2.20. The number of aliphatic imine (C=N–C) groups is 1. The first-order valence-corrected chi connectivity index (χ1v) is 6.28. The lowest BCUT2D eigenvalue weighted by atomic mass is 10.1. The highest BCUT2D eigenvalue weighted by atomic mass is 16.5. The van der Waals surface area contributed by atoms with Gasteiger partial charge in [0.25, 0.3) is 5.91 Å². The molecule has 3 N–H and O–H groups in total. The van der Waals surface area contributed by atoms with Crippen LogP contribution in [0.15, 0.2) is 35.5 Å². The average Bonchev–Trinajstić information content (AvgIpc) is 2.52. The van der Waals surface area contributed by atoms with E-state index in [0.717, 1.165) is 0 Å². The fourth-order valence-corrected chi connectivity index (χ4v) is 1.83. The number of rotatable bonds is 5. The minimum Gasteiger partial charge on any atom is -0.496 e. The van der Waals surface area contributed by atoms with Gasteiger partial charge in [-0.25, -0.2) is 0 Å². The summed E-state index contributed by atoms with van der Waals surface area (Å²) in [5.41, 5.74) is 5.74. The zero-order valence-corrected chi connectivity index (χ0v) is 11.6. The molecule has 1 aromatic rings. The number of nitrogens with two attached hydrogens (primary N) is 1. The largest absolute Gasteiger partial charge is 0.496 e. The van der Waals surface area contributed by atoms with E-state index >= 15 is 0 Å². The topological polar surface area (TPSA) is 97.0 Å². The molecule has 1 aromatic carbocycles. The quantitative estimate of drug-likeness (QED) is 0.816. The van der Waals surface area contributed by atoms with Crippen molar-refractivity contribution in [3.05, 3.63) is 41.6 Å². The van der Waals surface area contributed by atoms with Crippen LogP contribution in [-0.2, 0) is 0 Å². The summed E-state index contributed by atoms with van der Waals surface area (Å²) < 4.78 is 5.13. The van der Waals surface area contributed by atoms with E-state index in [1.165, 1.54) is 19.2 Å². The molecule has 0 aromatic heterocycles. The number of hydrogen-bond donors (Lipinski definition) is 2. The third-order valence-corrected chi connectivity index (χ3v) is 2.92. The van der Waals surface area contributed by atoms with Gasteiger partial charge < -0.3 is 20.7 Å². The maximum atomic E-state index is 12.2. The number of ether oxygens (including phenoxy) is 1. The van der Waals surface area contributed by atoms with Crippen LogP contribution in [0.1, 0.15) is 20.7 Å². The fourth-order valence-electron chi connectivity index (χ4n) is 1.83. The van der Waals surface area contributed by atoms with E-state index in [1.54, 1.807) is 18.4 Å². The number of hydrogen-bond acceptors (Lipinski definition) is 5. The van der Waals surface area contributed by atoms with Crippen LogP contribution in [0.4, 0.5) is 0 Å². The third-order valence-electron chi connectivity index (χ3n) is 2.92. The van der Waals surface area contributed by atoms with Gasteiger partial charge in [0.05, 0.1) is 19.3 Å². The summed E-state index contributed by atoms with van der Waals surface area (Å²) in [6.07, 6.45) is 5.30. The molecule has 0 radical (unpaired) electrons. The van der Waals surface area contributed by atoms with Gasteiger partial charge in [0.2, 0.25) is 5.91 Å². The van der Waals surface area contributed by atoms with Crippen molar-refractivity contribution in [2.24, 2.45) is 10.7 Å². The van der Waals surface area contributed by atoms with E-state index in [9.17, 15) is 9.59 Å². The Morgan fingerprint density at radius 3 is 2.90 bits per heavy atom. The molecular weight excluding hydrogens is 272 g/mol. The molecule has 0 bridgehead atoms. The van der Waals surface area contributed by atoms with Crippen molar-refractivity contribution in [3.63, 3.8) is 0 Å². The van der Waals surface area contributed by atoms with Crippen LogP contribution in [0.5, 0.6) is 5.75 Å². The molecule has 0 unspecified atom stereocenters. The lowest BCUT2D eigenvalue weighted by Crippen LogP contribution is -2.35. The van der Waals surface area contributed by atoms with Gasteiger partial charge in [-0.3, -0.25) is 14.6 Å². The van der Waals surface area contributed by atoms with Gasteiger partial charge in [-0.1, -0.05) is 0 Å². The maximum absolute atomic E-state index is 12.2. The van der Waals surface area contributed by atoms with E-state index in [1.807, 2.05) is 11.1 Å². The molecule has 21 heavy (non-hydrogen) atoms. The number of amides is 2. The monoisotopic (exact) mass is 288 g/mol. The number of benzene rings is 1. The molecule has 2 amide bonds. The normalized spacial score (nSPS) is 13.1. The van der Waals surface area contributed by atoms with E-state index in [2.05, 4.69) is 10.3 Å². The second-order valence-corrected chi connectivity index (χ2v) is 4.35. The minimum atomic E-state index is -0.597. The molecule has 0 saturated carbocycles. The van der Waals surface area contributed by atoms with Crippen molar-refractivity contribution in [3.8, 4) is 5.75 Å².